The number of imide groups is 1. The molecule has 6 heteroatoms. The van der Waals surface area contributed by atoms with E-state index in [-0.39, 0.29) is 6.04 Å². The molecule has 0 aromatic heterocycles. The molecule has 25 heavy (non-hydrogen) atoms. The molecule has 0 radical (unpaired) electrons. The quantitative estimate of drug-likeness (QED) is 0.776. The Morgan fingerprint density at radius 2 is 1.80 bits per heavy atom. The first kappa shape index (κ1) is 19.0. The lowest BCUT2D eigenvalue weighted by molar-refractivity contribution is -0.149. The van der Waals surface area contributed by atoms with Crippen LogP contribution in [0.15, 0.2) is 30.3 Å². The molecule has 1 aromatic rings. The van der Waals surface area contributed by atoms with Crippen LogP contribution in [0, 0.1) is 0 Å². The third kappa shape index (κ3) is 6.21. The molecule has 2 N–H and O–H groups in total. The molecule has 6 nitrogen and oxygen atoms in total. The Hall–Kier alpha value is -2.37. The third-order valence-electron chi connectivity index (χ3n) is 4.43. The van der Waals surface area contributed by atoms with Gasteiger partial charge in [0, 0.05) is 6.04 Å². The summed E-state index contributed by atoms with van der Waals surface area (Å²) in [5, 5.41) is 5.00. The smallest absolute Gasteiger partial charge is 0.321 e. The van der Waals surface area contributed by atoms with Crippen molar-refractivity contribution in [3.05, 3.63) is 35.9 Å². The van der Waals surface area contributed by atoms with Gasteiger partial charge in [-0.1, -0.05) is 56.5 Å². The van der Waals surface area contributed by atoms with Gasteiger partial charge < -0.3 is 10.1 Å². The third-order valence-corrected chi connectivity index (χ3v) is 4.43. The summed E-state index contributed by atoms with van der Waals surface area (Å²) in [4.78, 5) is 35.8. The molecular weight excluding hydrogens is 320 g/mol. The zero-order valence-electron chi connectivity index (χ0n) is 14.6. The first-order chi connectivity index (χ1) is 12.1. The van der Waals surface area contributed by atoms with Crippen molar-refractivity contribution in [3.8, 4) is 0 Å². The van der Waals surface area contributed by atoms with E-state index in [1.807, 2.05) is 37.3 Å². The van der Waals surface area contributed by atoms with E-state index in [1.54, 1.807) is 0 Å². The zero-order valence-corrected chi connectivity index (χ0v) is 14.6. The number of benzene rings is 1. The second-order valence-electron chi connectivity index (χ2n) is 6.34. The molecule has 1 atom stereocenters. The van der Waals surface area contributed by atoms with Gasteiger partial charge in [0.2, 0.25) is 0 Å². The molecule has 0 saturated heterocycles. The lowest BCUT2D eigenvalue weighted by atomic mass is 9.96. The zero-order chi connectivity index (χ0) is 18.1. The average Bonchev–Trinajstić information content (AvgIpc) is 2.62. The van der Waals surface area contributed by atoms with Gasteiger partial charge in [0.1, 0.15) is 0 Å². The fourth-order valence-electron chi connectivity index (χ4n) is 3.09. The van der Waals surface area contributed by atoms with Crippen LogP contribution >= 0.6 is 0 Å². The minimum Gasteiger partial charge on any atom is -0.455 e. The van der Waals surface area contributed by atoms with Crippen LogP contribution in [-0.2, 0) is 14.3 Å². The average molecular weight is 346 g/mol. The lowest BCUT2D eigenvalue weighted by Gasteiger charge is -2.22. The molecule has 136 valence electrons. The van der Waals surface area contributed by atoms with Gasteiger partial charge in [-0.25, -0.2) is 4.79 Å². The predicted molar refractivity (Wildman–Crippen MR) is 94.0 cm³/mol. The van der Waals surface area contributed by atoms with Crippen LogP contribution in [0.4, 0.5) is 4.79 Å². The number of nitrogens with one attached hydrogen (secondary N) is 2. The van der Waals surface area contributed by atoms with Crippen molar-refractivity contribution < 1.29 is 19.1 Å². The topological polar surface area (TPSA) is 84.5 Å². The molecule has 0 bridgehead atoms. The highest BCUT2D eigenvalue weighted by atomic mass is 16.5. The highest BCUT2D eigenvalue weighted by Gasteiger charge is 2.22. The van der Waals surface area contributed by atoms with Crippen LogP contribution in [0.25, 0.3) is 0 Å². The molecule has 2 rings (SSSR count). The van der Waals surface area contributed by atoms with Gasteiger partial charge in [0.05, 0.1) is 5.92 Å². The van der Waals surface area contributed by atoms with Crippen molar-refractivity contribution in [2.45, 2.75) is 57.4 Å². The van der Waals surface area contributed by atoms with Crippen molar-refractivity contribution in [1.29, 1.82) is 0 Å². The lowest BCUT2D eigenvalue weighted by Crippen LogP contribution is -2.46. The Balaban J connectivity index is 1.74. The summed E-state index contributed by atoms with van der Waals surface area (Å²) in [7, 11) is 0. The van der Waals surface area contributed by atoms with Crippen LogP contribution < -0.4 is 10.6 Å². The SMILES string of the molecule is CCC(C(=O)OCC(=O)NC(=O)NC1CCCCC1)c1ccccc1. The van der Waals surface area contributed by atoms with E-state index < -0.39 is 30.4 Å². The summed E-state index contributed by atoms with van der Waals surface area (Å²) in [5.41, 5.74) is 0.852. The van der Waals surface area contributed by atoms with Crippen molar-refractivity contribution in [3.63, 3.8) is 0 Å². The van der Waals surface area contributed by atoms with Crippen LogP contribution in [0.5, 0.6) is 0 Å². The van der Waals surface area contributed by atoms with Gasteiger partial charge in [0.15, 0.2) is 6.61 Å². The monoisotopic (exact) mass is 346 g/mol. The number of ether oxygens (including phenoxy) is 1. The van der Waals surface area contributed by atoms with Gasteiger partial charge >= 0.3 is 12.0 Å². The summed E-state index contributed by atoms with van der Waals surface area (Å²) < 4.78 is 5.07. The molecule has 1 aliphatic rings. The Kier molecular flexibility index (Phi) is 7.44. The molecule has 1 aliphatic carbocycles. The number of hydrogen-bond acceptors (Lipinski definition) is 4. The summed E-state index contributed by atoms with van der Waals surface area (Å²) in [6.45, 7) is 1.43. The molecule has 0 aliphatic heterocycles. The molecule has 1 unspecified atom stereocenters. The number of rotatable bonds is 6. The molecule has 0 heterocycles. The first-order valence-electron chi connectivity index (χ1n) is 8.92. The fourth-order valence-corrected chi connectivity index (χ4v) is 3.09. The Labute approximate surface area is 148 Å². The Morgan fingerprint density at radius 3 is 2.44 bits per heavy atom. The number of hydrogen-bond donors (Lipinski definition) is 2. The number of carbonyl (C=O) groups excluding carboxylic acids is 3. The Bertz CT molecular complexity index is 582. The highest BCUT2D eigenvalue weighted by molar-refractivity contribution is 5.95. The van der Waals surface area contributed by atoms with E-state index in [0.717, 1.165) is 31.2 Å². The molecule has 1 aromatic carbocycles. The number of amides is 3. The van der Waals surface area contributed by atoms with E-state index in [1.165, 1.54) is 6.42 Å². The van der Waals surface area contributed by atoms with Crippen LogP contribution in [0.2, 0.25) is 0 Å². The van der Waals surface area contributed by atoms with Crippen LogP contribution in [0.1, 0.15) is 56.9 Å². The van der Waals surface area contributed by atoms with Gasteiger partial charge in [-0.3, -0.25) is 14.9 Å². The molecular formula is C19H26N2O4. The van der Waals surface area contributed by atoms with E-state index in [0.29, 0.717) is 6.42 Å². The number of esters is 1. The second kappa shape index (κ2) is 9.81. The number of urea groups is 1. The molecule has 1 saturated carbocycles. The number of carbonyl (C=O) groups is 3. The summed E-state index contributed by atoms with van der Waals surface area (Å²) >= 11 is 0. The molecule has 1 fully saturated rings. The van der Waals surface area contributed by atoms with E-state index in [2.05, 4.69) is 10.6 Å². The standard InChI is InChI=1S/C19H26N2O4/c1-2-16(14-9-5-3-6-10-14)18(23)25-13-17(22)21-19(24)20-15-11-7-4-8-12-15/h3,5-6,9-10,15-16H,2,4,7-8,11-13H2,1H3,(H2,20,21,22,24). The largest absolute Gasteiger partial charge is 0.455 e. The second-order valence-corrected chi connectivity index (χ2v) is 6.34. The van der Waals surface area contributed by atoms with Gasteiger partial charge in [0.25, 0.3) is 5.91 Å². The van der Waals surface area contributed by atoms with Crippen molar-refractivity contribution in [1.82, 2.24) is 10.6 Å². The fraction of sp³-hybridized carbons (Fsp3) is 0.526. The maximum Gasteiger partial charge on any atom is 0.321 e. The van der Waals surface area contributed by atoms with Crippen molar-refractivity contribution >= 4 is 17.9 Å². The molecule has 0 spiro atoms. The maximum absolute atomic E-state index is 12.2. The summed E-state index contributed by atoms with van der Waals surface area (Å²) in [6.07, 6.45) is 5.82. The van der Waals surface area contributed by atoms with Crippen LogP contribution in [-0.4, -0.2) is 30.6 Å². The summed E-state index contributed by atoms with van der Waals surface area (Å²) in [5.74, 6) is -1.49. The van der Waals surface area contributed by atoms with Crippen molar-refractivity contribution in [2.75, 3.05) is 6.61 Å². The van der Waals surface area contributed by atoms with Gasteiger partial charge in [-0.05, 0) is 24.8 Å². The highest BCUT2D eigenvalue weighted by Crippen LogP contribution is 2.20. The normalized spacial score (nSPS) is 15.9. The van der Waals surface area contributed by atoms with E-state index in [4.69, 9.17) is 4.74 Å². The molecule has 3 amide bonds. The van der Waals surface area contributed by atoms with Gasteiger partial charge in [-0.15, -0.1) is 0 Å². The minimum absolute atomic E-state index is 0.117. The first-order valence-corrected chi connectivity index (χ1v) is 8.92. The van der Waals surface area contributed by atoms with E-state index in [9.17, 15) is 14.4 Å². The van der Waals surface area contributed by atoms with Crippen molar-refractivity contribution in [2.24, 2.45) is 0 Å². The Morgan fingerprint density at radius 1 is 1.12 bits per heavy atom. The summed E-state index contributed by atoms with van der Waals surface area (Å²) in [6, 6.07) is 8.89. The van der Waals surface area contributed by atoms with E-state index >= 15 is 0 Å². The van der Waals surface area contributed by atoms with Gasteiger partial charge in [-0.2, -0.15) is 0 Å². The van der Waals surface area contributed by atoms with Crippen LogP contribution in [0.3, 0.4) is 0 Å². The minimum atomic E-state index is -0.621. The maximum atomic E-state index is 12.2. The predicted octanol–water partition coefficient (Wildman–Crippen LogP) is 2.88.